The molecule has 106 valence electrons. The maximum absolute atomic E-state index is 11.8. The zero-order valence-electron chi connectivity index (χ0n) is 11.7. The monoisotopic (exact) mass is 285 g/mol. The van der Waals surface area contributed by atoms with Gasteiger partial charge in [0, 0.05) is 19.6 Å². The van der Waals surface area contributed by atoms with Crippen molar-refractivity contribution < 1.29 is 4.79 Å². The molecule has 0 spiro atoms. The van der Waals surface area contributed by atoms with Crippen LogP contribution in [-0.4, -0.2) is 42.1 Å². The fourth-order valence-electron chi connectivity index (χ4n) is 1.58. The summed E-state index contributed by atoms with van der Waals surface area (Å²) in [5, 5.41) is 6.12. The lowest BCUT2D eigenvalue weighted by Gasteiger charge is -2.23. The Hall–Kier alpha value is -1.56. The molecule has 0 atom stereocenters. The number of anilines is 2. The lowest BCUT2D eigenvalue weighted by Crippen LogP contribution is -2.40. The van der Waals surface area contributed by atoms with Gasteiger partial charge in [-0.3, -0.25) is 4.79 Å². The van der Waals surface area contributed by atoms with Crippen LogP contribution in [0.2, 0.25) is 5.02 Å². The highest BCUT2D eigenvalue weighted by Gasteiger charge is 2.15. The van der Waals surface area contributed by atoms with E-state index < -0.39 is 0 Å². The summed E-state index contributed by atoms with van der Waals surface area (Å²) in [7, 11) is 1.73. The summed E-state index contributed by atoms with van der Waals surface area (Å²) >= 11 is 6.09. The maximum atomic E-state index is 11.8. The van der Waals surface area contributed by atoms with Crippen molar-refractivity contribution in [2.45, 2.75) is 26.8 Å². The number of halogens is 1. The van der Waals surface area contributed by atoms with Gasteiger partial charge in [-0.25, -0.2) is 4.98 Å². The van der Waals surface area contributed by atoms with Gasteiger partial charge in [-0.15, -0.1) is 0 Å². The van der Waals surface area contributed by atoms with Gasteiger partial charge in [0.1, 0.15) is 5.02 Å². The Morgan fingerprint density at radius 1 is 1.53 bits per heavy atom. The van der Waals surface area contributed by atoms with E-state index in [1.807, 2.05) is 25.7 Å². The van der Waals surface area contributed by atoms with Crippen molar-refractivity contribution in [1.29, 1.82) is 0 Å². The molecule has 19 heavy (non-hydrogen) atoms. The van der Waals surface area contributed by atoms with E-state index in [1.54, 1.807) is 7.05 Å². The smallest absolute Gasteiger partial charge is 0.239 e. The Balaban J connectivity index is 2.87. The number of hydrogen-bond acceptors (Lipinski definition) is 5. The van der Waals surface area contributed by atoms with Crippen LogP contribution in [0.1, 0.15) is 20.8 Å². The number of rotatable bonds is 6. The molecule has 1 aromatic heterocycles. The van der Waals surface area contributed by atoms with Crippen molar-refractivity contribution in [3.8, 4) is 0 Å². The van der Waals surface area contributed by atoms with E-state index in [0.717, 1.165) is 0 Å². The summed E-state index contributed by atoms with van der Waals surface area (Å²) in [6.07, 6.45) is 1.53. The van der Waals surface area contributed by atoms with Gasteiger partial charge in [0.25, 0.3) is 0 Å². The molecule has 0 bridgehead atoms. The van der Waals surface area contributed by atoms with Crippen LogP contribution in [0.15, 0.2) is 6.20 Å². The highest BCUT2D eigenvalue weighted by Crippen LogP contribution is 2.23. The van der Waals surface area contributed by atoms with E-state index in [1.165, 1.54) is 6.20 Å². The second-order valence-electron chi connectivity index (χ2n) is 4.35. The lowest BCUT2D eigenvalue weighted by atomic mass is 10.3. The molecule has 0 unspecified atom stereocenters. The van der Waals surface area contributed by atoms with Crippen LogP contribution in [0.25, 0.3) is 0 Å². The number of likely N-dealkylation sites (N-methyl/N-ethyl adjacent to an activating group) is 1. The van der Waals surface area contributed by atoms with Crippen LogP contribution < -0.4 is 15.5 Å². The molecule has 1 heterocycles. The minimum absolute atomic E-state index is 0.0578. The maximum Gasteiger partial charge on any atom is 0.239 e. The molecule has 0 saturated carbocycles. The van der Waals surface area contributed by atoms with E-state index in [0.29, 0.717) is 23.3 Å². The van der Waals surface area contributed by atoms with Gasteiger partial charge in [0.15, 0.2) is 5.82 Å². The molecular weight excluding hydrogens is 266 g/mol. The van der Waals surface area contributed by atoms with Crippen LogP contribution in [0.4, 0.5) is 11.8 Å². The Morgan fingerprint density at radius 2 is 2.21 bits per heavy atom. The summed E-state index contributed by atoms with van der Waals surface area (Å²) in [5.41, 5.74) is 0. The third-order valence-corrected chi connectivity index (χ3v) is 2.68. The standard InChI is InChI=1S/C12H20ClN5O/c1-5-18(7-10(19)16-8(2)3)11-9(13)6-15-12(14-4)17-11/h6,8H,5,7H2,1-4H3,(H,16,19)(H,14,15,17). The molecule has 0 saturated heterocycles. The first-order valence-electron chi connectivity index (χ1n) is 6.22. The van der Waals surface area contributed by atoms with E-state index in [-0.39, 0.29) is 18.5 Å². The zero-order chi connectivity index (χ0) is 14.4. The van der Waals surface area contributed by atoms with Gasteiger partial charge in [-0.1, -0.05) is 11.6 Å². The van der Waals surface area contributed by atoms with Crippen LogP contribution in [0.3, 0.4) is 0 Å². The predicted octanol–water partition coefficient (Wildman–Crippen LogP) is 1.52. The van der Waals surface area contributed by atoms with Crippen molar-refractivity contribution >= 4 is 29.3 Å². The number of aromatic nitrogens is 2. The Kier molecular flexibility index (Phi) is 5.82. The molecule has 1 rings (SSSR count). The molecule has 1 aromatic rings. The van der Waals surface area contributed by atoms with Crippen molar-refractivity contribution in [3.05, 3.63) is 11.2 Å². The summed E-state index contributed by atoms with van der Waals surface area (Å²) in [6, 6.07) is 0.111. The first-order chi connectivity index (χ1) is 8.97. The number of amides is 1. The van der Waals surface area contributed by atoms with Crippen LogP contribution in [0.5, 0.6) is 0 Å². The second kappa shape index (κ2) is 7.13. The van der Waals surface area contributed by atoms with Gasteiger partial charge >= 0.3 is 0 Å². The molecule has 7 heteroatoms. The summed E-state index contributed by atoms with van der Waals surface area (Å²) < 4.78 is 0. The molecule has 0 aliphatic carbocycles. The molecule has 0 aliphatic rings. The Morgan fingerprint density at radius 3 is 2.74 bits per heavy atom. The average Bonchev–Trinajstić information content (AvgIpc) is 2.36. The minimum atomic E-state index is -0.0578. The molecule has 0 aliphatic heterocycles. The number of nitrogens with zero attached hydrogens (tertiary/aromatic N) is 3. The van der Waals surface area contributed by atoms with Crippen LogP contribution in [-0.2, 0) is 4.79 Å². The van der Waals surface area contributed by atoms with Gasteiger partial charge in [0.05, 0.1) is 12.7 Å². The highest BCUT2D eigenvalue weighted by atomic mass is 35.5. The van der Waals surface area contributed by atoms with Crippen molar-refractivity contribution in [2.75, 3.05) is 30.4 Å². The average molecular weight is 286 g/mol. The van der Waals surface area contributed by atoms with E-state index in [4.69, 9.17) is 11.6 Å². The van der Waals surface area contributed by atoms with Gasteiger partial charge in [-0.2, -0.15) is 4.98 Å². The molecule has 0 fully saturated rings. The molecule has 0 radical (unpaired) electrons. The first-order valence-corrected chi connectivity index (χ1v) is 6.60. The fraction of sp³-hybridized carbons (Fsp3) is 0.583. The highest BCUT2D eigenvalue weighted by molar-refractivity contribution is 6.32. The van der Waals surface area contributed by atoms with E-state index in [2.05, 4.69) is 20.6 Å². The summed E-state index contributed by atoms with van der Waals surface area (Å²) in [4.78, 5) is 21.9. The van der Waals surface area contributed by atoms with E-state index in [9.17, 15) is 4.79 Å². The van der Waals surface area contributed by atoms with Gasteiger partial charge < -0.3 is 15.5 Å². The summed E-state index contributed by atoms with van der Waals surface area (Å²) in [5.74, 6) is 0.974. The molecule has 2 N–H and O–H groups in total. The third-order valence-electron chi connectivity index (χ3n) is 2.41. The van der Waals surface area contributed by atoms with Gasteiger partial charge in [0.2, 0.25) is 11.9 Å². The predicted molar refractivity (Wildman–Crippen MR) is 77.8 cm³/mol. The molecule has 6 nitrogen and oxygen atoms in total. The number of carbonyl (C=O) groups is 1. The largest absolute Gasteiger partial charge is 0.357 e. The van der Waals surface area contributed by atoms with Crippen molar-refractivity contribution in [1.82, 2.24) is 15.3 Å². The van der Waals surface area contributed by atoms with Gasteiger partial charge in [-0.05, 0) is 20.8 Å². The third kappa shape index (κ3) is 4.55. The number of hydrogen-bond donors (Lipinski definition) is 2. The SMILES string of the molecule is CCN(CC(=O)NC(C)C)c1nc(NC)ncc1Cl. The lowest BCUT2D eigenvalue weighted by molar-refractivity contribution is -0.120. The normalized spacial score (nSPS) is 10.4. The molecular formula is C12H20ClN5O. The molecule has 0 aromatic carbocycles. The number of carbonyl (C=O) groups excluding carboxylic acids is 1. The minimum Gasteiger partial charge on any atom is -0.357 e. The van der Waals surface area contributed by atoms with Crippen molar-refractivity contribution in [3.63, 3.8) is 0 Å². The van der Waals surface area contributed by atoms with Crippen molar-refractivity contribution in [2.24, 2.45) is 0 Å². The van der Waals surface area contributed by atoms with Crippen LogP contribution >= 0.6 is 11.6 Å². The number of nitrogens with one attached hydrogen (secondary N) is 2. The van der Waals surface area contributed by atoms with E-state index >= 15 is 0 Å². The summed E-state index contributed by atoms with van der Waals surface area (Å²) in [6.45, 7) is 6.63. The quantitative estimate of drug-likeness (QED) is 0.829. The Labute approximate surface area is 118 Å². The molecule has 1 amide bonds. The second-order valence-corrected chi connectivity index (χ2v) is 4.76. The Bertz CT molecular complexity index is 438. The fourth-order valence-corrected chi connectivity index (χ4v) is 1.79. The first kappa shape index (κ1) is 15.5. The topological polar surface area (TPSA) is 70.2 Å². The zero-order valence-corrected chi connectivity index (χ0v) is 12.5. The van der Waals surface area contributed by atoms with Crippen LogP contribution in [0, 0.1) is 0 Å².